The van der Waals surface area contributed by atoms with Crippen molar-refractivity contribution in [3.63, 3.8) is 0 Å². The fourth-order valence-corrected chi connectivity index (χ4v) is 3.66. The van der Waals surface area contributed by atoms with Crippen molar-refractivity contribution in [2.24, 2.45) is 0 Å². The SMILES string of the molecule is Cc1nc2nc(C(F)(F)F)nn2c(C)c1CCC(=O)NCc1ccccc1Cn1cccn1. The fraction of sp³-hybridized carbons (Fsp3) is 0.318. The van der Waals surface area contributed by atoms with Gasteiger partial charge in [-0.3, -0.25) is 9.48 Å². The molecule has 0 unspecified atom stereocenters. The summed E-state index contributed by atoms with van der Waals surface area (Å²) in [6, 6.07) is 9.64. The average Bonchev–Trinajstić information content (AvgIpc) is 3.42. The molecule has 1 amide bonds. The summed E-state index contributed by atoms with van der Waals surface area (Å²) in [5.74, 6) is -1.52. The molecule has 0 spiro atoms. The lowest BCUT2D eigenvalue weighted by atomic mass is 10.1. The topological polar surface area (TPSA) is 90.0 Å². The van der Waals surface area contributed by atoms with Crippen molar-refractivity contribution >= 4 is 11.7 Å². The van der Waals surface area contributed by atoms with Crippen LogP contribution in [-0.2, 0) is 30.5 Å². The molecule has 0 fully saturated rings. The smallest absolute Gasteiger partial charge is 0.352 e. The van der Waals surface area contributed by atoms with Gasteiger partial charge in [-0.05, 0) is 43.0 Å². The predicted octanol–water partition coefficient (Wildman–Crippen LogP) is 3.25. The Balaban J connectivity index is 1.41. The second-order valence-corrected chi connectivity index (χ2v) is 7.66. The number of carbonyl (C=O) groups is 1. The highest BCUT2D eigenvalue weighted by atomic mass is 19.4. The Morgan fingerprint density at radius 1 is 1.09 bits per heavy atom. The number of hydrogen-bond acceptors (Lipinski definition) is 5. The van der Waals surface area contributed by atoms with Crippen molar-refractivity contribution in [3.8, 4) is 0 Å². The van der Waals surface area contributed by atoms with Gasteiger partial charge in [0.1, 0.15) is 0 Å². The Morgan fingerprint density at radius 2 is 1.85 bits per heavy atom. The fourth-order valence-electron chi connectivity index (χ4n) is 3.66. The van der Waals surface area contributed by atoms with Crippen molar-refractivity contribution in [3.05, 3.63) is 76.6 Å². The molecule has 4 aromatic rings. The number of fused-ring (bicyclic) bond motifs is 1. The van der Waals surface area contributed by atoms with E-state index in [2.05, 4.69) is 25.5 Å². The van der Waals surface area contributed by atoms with E-state index in [1.165, 1.54) is 0 Å². The molecule has 11 heteroatoms. The number of rotatable bonds is 7. The highest BCUT2D eigenvalue weighted by molar-refractivity contribution is 5.76. The van der Waals surface area contributed by atoms with E-state index in [1.54, 1.807) is 20.0 Å². The van der Waals surface area contributed by atoms with E-state index in [1.807, 2.05) is 41.2 Å². The molecule has 0 atom stereocenters. The van der Waals surface area contributed by atoms with Gasteiger partial charge in [-0.1, -0.05) is 24.3 Å². The van der Waals surface area contributed by atoms with E-state index >= 15 is 0 Å². The second-order valence-electron chi connectivity index (χ2n) is 7.66. The first-order chi connectivity index (χ1) is 15.7. The first-order valence-corrected chi connectivity index (χ1v) is 10.3. The number of amides is 1. The highest BCUT2D eigenvalue weighted by Gasteiger charge is 2.37. The van der Waals surface area contributed by atoms with Crippen molar-refractivity contribution in [2.45, 2.75) is 46.0 Å². The van der Waals surface area contributed by atoms with Crippen molar-refractivity contribution < 1.29 is 18.0 Å². The standard InChI is InChI=1S/C22H22F3N7O/c1-14-18(15(2)32-21(28-14)29-20(30-32)22(23,24)25)8-9-19(33)26-12-16-6-3-4-7-17(16)13-31-11-5-10-27-31/h3-7,10-11H,8-9,12-13H2,1-2H3,(H,26,33). The van der Waals surface area contributed by atoms with Gasteiger partial charge in [-0.2, -0.15) is 23.3 Å². The number of hydrogen-bond donors (Lipinski definition) is 1. The summed E-state index contributed by atoms with van der Waals surface area (Å²) >= 11 is 0. The van der Waals surface area contributed by atoms with Crippen LogP contribution < -0.4 is 5.32 Å². The minimum Gasteiger partial charge on any atom is -0.352 e. The Kier molecular flexibility index (Phi) is 6.12. The minimum absolute atomic E-state index is 0.112. The van der Waals surface area contributed by atoms with Gasteiger partial charge in [-0.25, -0.2) is 9.50 Å². The molecular weight excluding hydrogens is 435 g/mol. The van der Waals surface area contributed by atoms with Crippen LogP contribution in [0.25, 0.3) is 5.78 Å². The van der Waals surface area contributed by atoms with Crippen LogP contribution in [0.15, 0.2) is 42.7 Å². The molecule has 0 bridgehead atoms. The molecule has 3 aromatic heterocycles. The lowest BCUT2D eigenvalue weighted by Gasteiger charge is -2.12. The third-order valence-electron chi connectivity index (χ3n) is 5.39. The van der Waals surface area contributed by atoms with Crippen LogP contribution in [-0.4, -0.2) is 35.3 Å². The van der Waals surface area contributed by atoms with Crippen LogP contribution in [0.5, 0.6) is 0 Å². The highest BCUT2D eigenvalue weighted by Crippen LogP contribution is 2.27. The number of nitrogens with zero attached hydrogens (tertiary/aromatic N) is 6. The second kappa shape index (κ2) is 9.00. The first-order valence-electron chi connectivity index (χ1n) is 10.3. The van der Waals surface area contributed by atoms with Crippen LogP contribution in [0.2, 0.25) is 0 Å². The van der Waals surface area contributed by atoms with Crippen molar-refractivity contribution in [2.75, 3.05) is 0 Å². The molecule has 33 heavy (non-hydrogen) atoms. The summed E-state index contributed by atoms with van der Waals surface area (Å²) in [6.45, 7) is 4.30. The number of nitrogens with one attached hydrogen (secondary N) is 1. The van der Waals surface area contributed by atoms with Crippen molar-refractivity contribution in [1.29, 1.82) is 0 Å². The lowest BCUT2D eigenvalue weighted by Crippen LogP contribution is -2.24. The van der Waals surface area contributed by atoms with Crippen LogP contribution in [0.4, 0.5) is 13.2 Å². The van der Waals surface area contributed by atoms with E-state index in [4.69, 9.17) is 0 Å². The zero-order valence-corrected chi connectivity index (χ0v) is 18.1. The van der Waals surface area contributed by atoms with Gasteiger partial charge in [0.15, 0.2) is 0 Å². The summed E-state index contributed by atoms with van der Waals surface area (Å²) in [6.07, 6.45) is -0.580. The Labute approximate surface area is 187 Å². The molecule has 172 valence electrons. The number of alkyl halides is 3. The van der Waals surface area contributed by atoms with E-state index in [9.17, 15) is 18.0 Å². The maximum Gasteiger partial charge on any atom is 0.453 e. The summed E-state index contributed by atoms with van der Waals surface area (Å²) < 4.78 is 41.7. The van der Waals surface area contributed by atoms with E-state index in [-0.39, 0.29) is 18.1 Å². The van der Waals surface area contributed by atoms with E-state index < -0.39 is 12.0 Å². The average molecular weight is 457 g/mol. The van der Waals surface area contributed by atoms with Gasteiger partial charge in [-0.15, -0.1) is 5.10 Å². The minimum atomic E-state index is -4.65. The maximum absolute atomic E-state index is 12.9. The van der Waals surface area contributed by atoms with Crippen LogP contribution in [0, 0.1) is 13.8 Å². The Hall–Kier alpha value is -3.76. The van der Waals surface area contributed by atoms with Crippen LogP contribution >= 0.6 is 0 Å². The summed E-state index contributed by atoms with van der Waals surface area (Å²) in [4.78, 5) is 20.1. The molecule has 1 N–H and O–H groups in total. The molecule has 0 radical (unpaired) electrons. The number of carbonyl (C=O) groups excluding carboxylic acids is 1. The van der Waals surface area contributed by atoms with Gasteiger partial charge < -0.3 is 5.32 Å². The molecule has 8 nitrogen and oxygen atoms in total. The normalized spacial score (nSPS) is 11.8. The molecule has 0 saturated carbocycles. The summed E-state index contributed by atoms with van der Waals surface area (Å²) in [7, 11) is 0. The monoisotopic (exact) mass is 457 g/mol. The first kappa shape index (κ1) is 22.4. The van der Waals surface area contributed by atoms with Gasteiger partial charge in [0, 0.05) is 36.7 Å². The number of aromatic nitrogens is 6. The molecule has 1 aromatic carbocycles. The largest absolute Gasteiger partial charge is 0.453 e. The van der Waals surface area contributed by atoms with Crippen LogP contribution in [0.1, 0.15) is 40.3 Å². The molecule has 0 saturated heterocycles. The maximum atomic E-state index is 12.9. The van der Waals surface area contributed by atoms with E-state index in [0.29, 0.717) is 36.5 Å². The molecule has 4 rings (SSSR count). The predicted molar refractivity (Wildman–Crippen MR) is 113 cm³/mol. The van der Waals surface area contributed by atoms with Crippen LogP contribution in [0.3, 0.4) is 0 Å². The van der Waals surface area contributed by atoms with Crippen molar-refractivity contribution in [1.82, 2.24) is 34.7 Å². The Bertz CT molecular complexity index is 1280. The van der Waals surface area contributed by atoms with Gasteiger partial charge in [0.2, 0.25) is 5.91 Å². The lowest BCUT2D eigenvalue weighted by molar-refractivity contribution is -0.144. The zero-order chi connectivity index (χ0) is 23.6. The quantitative estimate of drug-likeness (QED) is 0.460. The number of halogens is 3. The molecule has 0 aliphatic rings. The molecule has 0 aliphatic carbocycles. The molecule has 0 aliphatic heterocycles. The molecular formula is C22H22F3N7O. The van der Waals surface area contributed by atoms with E-state index in [0.717, 1.165) is 15.6 Å². The number of aryl methyl sites for hydroxylation is 2. The van der Waals surface area contributed by atoms with Gasteiger partial charge in [0.05, 0.1) is 6.54 Å². The van der Waals surface area contributed by atoms with Gasteiger partial charge in [0.25, 0.3) is 11.6 Å². The third-order valence-corrected chi connectivity index (χ3v) is 5.39. The Morgan fingerprint density at radius 3 is 2.55 bits per heavy atom. The molecule has 3 heterocycles. The zero-order valence-electron chi connectivity index (χ0n) is 18.1. The number of benzene rings is 1. The van der Waals surface area contributed by atoms with Gasteiger partial charge >= 0.3 is 6.18 Å². The summed E-state index contributed by atoms with van der Waals surface area (Å²) in [5.41, 5.74) is 3.72. The third kappa shape index (κ3) is 5.02. The summed E-state index contributed by atoms with van der Waals surface area (Å²) in [5, 5.41) is 10.7.